The lowest BCUT2D eigenvalue weighted by Gasteiger charge is -2.10. The Kier molecular flexibility index (Phi) is 3.32. The summed E-state index contributed by atoms with van der Waals surface area (Å²) >= 11 is 0. The number of ketones is 1. The summed E-state index contributed by atoms with van der Waals surface area (Å²) in [4.78, 5) is 23.0. The van der Waals surface area contributed by atoms with Crippen LogP contribution in [0.3, 0.4) is 0 Å². The Bertz CT molecular complexity index is 553. The maximum Gasteiger partial charge on any atom is 0.330 e. The van der Waals surface area contributed by atoms with E-state index in [-0.39, 0.29) is 11.8 Å². The fourth-order valence-electron chi connectivity index (χ4n) is 2.52. The highest BCUT2D eigenvalue weighted by Gasteiger charge is 2.23. The first-order valence-corrected chi connectivity index (χ1v) is 5.97. The Labute approximate surface area is 106 Å². The summed E-state index contributed by atoms with van der Waals surface area (Å²) in [6.07, 6.45) is 4.54. The number of methoxy groups -OCH3 is 1. The van der Waals surface area contributed by atoms with E-state index >= 15 is 0 Å². The van der Waals surface area contributed by atoms with Crippen LogP contribution in [-0.2, 0) is 16.0 Å². The largest absolute Gasteiger partial charge is 0.466 e. The van der Waals surface area contributed by atoms with Crippen molar-refractivity contribution in [1.29, 1.82) is 0 Å². The van der Waals surface area contributed by atoms with Crippen LogP contribution in [0.4, 0.5) is 0 Å². The summed E-state index contributed by atoms with van der Waals surface area (Å²) in [5, 5.41) is 0. The van der Waals surface area contributed by atoms with Gasteiger partial charge in [-0.05, 0) is 48.6 Å². The molecule has 0 fully saturated rings. The maximum atomic E-state index is 11.8. The number of ether oxygens (including phenoxy) is 1. The van der Waals surface area contributed by atoms with Gasteiger partial charge in [-0.1, -0.05) is 6.07 Å². The fourth-order valence-corrected chi connectivity index (χ4v) is 2.52. The summed E-state index contributed by atoms with van der Waals surface area (Å²) in [5.74, 6) is -0.184. The highest BCUT2D eigenvalue weighted by atomic mass is 16.5. The van der Waals surface area contributed by atoms with Gasteiger partial charge in [-0.25, -0.2) is 4.79 Å². The number of hydrogen-bond donors (Lipinski definition) is 0. The molecule has 0 heterocycles. The SMILES string of the molecule is COC(=O)/C=C/c1c(C)cc2c(c1C)C(=O)CC2. The van der Waals surface area contributed by atoms with Gasteiger partial charge in [0, 0.05) is 18.1 Å². The first-order chi connectivity index (χ1) is 8.54. The number of Topliss-reactive ketones (excluding diaryl/α,β-unsaturated/α-hetero) is 1. The fraction of sp³-hybridized carbons (Fsp3) is 0.333. The molecule has 0 aliphatic heterocycles. The number of rotatable bonds is 2. The van der Waals surface area contributed by atoms with Crippen molar-refractivity contribution in [2.45, 2.75) is 26.7 Å². The standard InChI is InChI=1S/C15H16O3/c1-9-8-11-4-6-13(16)15(11)10(2)12(9)5-7-14(17)18-3/h5,7-8H,4,6H2,1-3H3/b7-5+. The van der Waals surface area contributed by atoms with Crippen LogP contribution in [0, 0.1) is 13.8 Å². The molecule has 0 aromatic heterocycles. The second-order valence-electron chi connectivity index (χ2n) is 4.55. The van der Waals surface area contributed by atoms with Crippen LogP contribution < -0.4 is 0 Å². The third-order valence-corrected chi connectivity index (χ3v) is 3.40. The van der Waals surface area contributed by atoms with Crippen molar-refractivity contribution in [2.75, 3.05) is 7.11 Å². The van der Waals surface area contributed by atoms with E-state index in [1.165, 1.54) is 13.2 Å². The van der Waals surface area contributed by atoms with Crippen LogP contribution in [0.25, 0.3) is 6.08 Å². The highest BCUT2D eigenvalue weighted by Crippen LogP contribution is 2.30. The number of carbonyl (C=O) groups is 2. The van der Waals surface area contributed by atoms with E-state index in [0.29, 0.717) is 6.42 Å². The number of esters is 1. The zero-order valence-corrected chi connectivity index (χ0v) is 10.9. The zero-order chi connectivity index (χ0) is 13.3. The van der Waals surface area contributed by atoms with Crippen LogP contribution in [-0.4, -0.2) is 18.9 Å². The lowest BCUT2D eigenvalue weighted by Crippen LogP contribution is -2.01. The molecule has 2 rings (SSSR count). The van der Waals surface area contributed by atoms with Crippen molar-refractivity contribution < 1.29 is 14.3 Å². The Morgan fingerprint density at radius 2 is 2.06 bits per heavy atom. The number of aryl methyl sites for hydroxylation is 2. The molecule has 0 radical (unpaired) electrons. The molecule has 0 spiro atoms. The summed E-state index contributed by atoms with van der Waals surface area (Å²) in [7, 11) is 1.35. The van der Waals surface area contributed by atoms with Crippen molar-refractivity contribution >= 4 is 17.8 Å². The van der Waals surface area contributed by atoms with Crippen LogP contribution >= 0.6 is 0 Å². The Morgan fingerprint density at radius 3 is 2.72 bits per heavy atom. The van der Waals surface area contributed by atoms with Crippen molar-refractivity contribution in [3.05, 3.63) is 40.0 Å². The topological polar surface area (TPSA) is 43.4 Å². The van der Waals surface area contributed by atoms with Crippen LogP contribution in [0.2, 0.25) is 0 Å². The van der Waals surface area contributed by atoms with Crippen LogP contribution in [0.5, 0.6) is 0 Å². The van der Waals surface area contributed by atoms with E-state index in [9.17, 15) is 9.59 Å². The summed E-state index contributed by atoms with van der Waals surface area (Å²) < 4.78 is 4.57. The minimum Gasteiger partial charge on any atom is -0.466 e. The van der Waals surface area contributed by atoms with Gasteiger partial charge in [0.15, 0.2) is 5.78 Å². The quantitative estimate of drug-likeness (QED) is 0.593. The van der Waals surface area contributed by atoms with Gasteiger partial charge in [0.25, 0.3) is 0 Å². The smallest absolute Gasteiger partial charge is 0.330 e. The lowest BCUT2D eigenvalue weighted by molar-refractivity contribution is -0.134. The van der Waals surface area contributed by atoms with E-state index < -0.39 is 0 Å². The van der Waals surface area contributed by atoms with Gasteiger partial charge in [0.2, 0.25) is 0 Å². The Morgan fingerprint density at radius 1 is 1.33 bits per heavy atom. The van der Waals surface area contributed by atoms with Crippen molar-refractivity contribution in [3.8, 4) is 0 Å². The van der Waals surface area contributed by atoms with Crippen LogP contribution in [0.1, 0.15) is 39.0 Å². The predicted molar refractivity (Wildman–Crippen MR) is 69.6 cm³/mol. The van der Waals surface area contributed by atoms with Gasteiger partial charge in [0.1, 0.15) is 0 Å². The third kappa shape index (κ3) is 2.08. The first-order valence-electron chi connectivity index (χ1n) is 5.97. The molecule has 94 valence electrons. The van der Waals surface area contributed by atoms with Gasteiger partial charge < -0.3 is 4.74 Å². The van der Waals surface area contributed by atoms with E-state index in [1.54, 1.807) is 6.08 Å². The first kappa shape index (κ1) is 12.6. The summed E-state index contributed by atoms with van der Waals surface area (Å²) in [5.41, 5.74) is 4.96. The molecule has 1 aliphatic rings. The molecule has 0 unspecified atom stereocenters. The van der Waals surface area contributed by atoms with E-state index in [1.807, 2.05) is 19.9 Å². The lowest BCUT2D eigenvalue weighted by atomic mass is 9.94. The molecule has 1 aliphatic carbocycles. The van der Waals surface area contributed by atoms with Crippen molar-refractivity contribution in [3.63, 3.8) is 0 Å². The zero-order valence-electron chi connectivity index (χ0n) is 10.9. The minimum atomic E-state index is -0.388. The van der Waals surface area contributed by atoms with E-state index in [2.05, 4.69) is 4.74 Å². The van der Waals surface area contributed by atoms with Crippen molar-refractivity contribution in [1.82, 2.24) is 0 Å². The van der Waals surface area contributed by atoms with Crippen LogP contribution in [0.15, 0.2) is 12.1 Å². The highest BCUT2D eigenvalue weighted by molar-refractivity contribution is 6.03. The molecule has 0 saturated carbocycles. The number of benzene rings is 1. The molecule has 1 aromatic rings. The average molecular weight is 244 g/mol. The second kappa shape index (κ2) is 4.77. The van der Waals surface area contributed by atoms with E-state index in [0.717, 1.165) is 34.2 Å². The molecular weight excluding hydrogens is 228 g/mol. The van der Waals surface area contributed by atoms with Gasteiger partial charge in [0.05, 0.1) is 7.11 Å². The molecule has 0 saturated heterocycles. The molecular formula is C15H16O3. The Hall–Kier alpha value is -1.90. The summed E-state index contributed by atoms with van der Waals surface area (Å²) in [6, 6.07) is 2.05. The molecule has 3 nitrogen and oxygen atoms in total. The van der Waals surface area contributed by atoms with E-state index in [4.69, 9.17) is 0 Å². The molecule has 0 amide bonds. The van der Waals surface area contributed by atoms with Gasteiger partial charge in [-0.15, -0.1) is 0 Å². The predicted octanol–water partition coefficient (Wildman–Crippen LogP) is 2.62. The maximum absolute atomic E-state index is 11.8. The van der Waals surface area contributed by atoms with Gasteiger partial charge in [-0.2, -0.15) is 0 Å². The Balaban J connectivity index is 2.49. The minimum absolute atomic E-state index is 0.204. The number of hydrogen-bond acceptors (Lipinski definition) is 3. The monoisotopic (exact) mass is 244 g/mol. The normalized spacial score (nSPS) is 14.1. The molecule has 0 N–H and O–H groups in total. The molecule has 3 heteroatoms. The van der Waals surface area contributed by atoms with Crippen molar-refractivity contribution in [2.24, 2.45) is 0 Å². The molecule has 18 heavy (non-hydrogen) atoms. The number of fused-ring (bicyclic) bond motifs is 1. The third-order valence-electron chi connectivity index (χ3n) is 3.40. The van der Waals surface area contributed by atoms with Gasteiger partial charge >= 0.3 is 5.97 Å². The molecule has 0 bridgehead atoms. The second-order valence-corrected chi connectivity index (χ2v) is 4.55. The average Bonchev–Trinajstić information content (AvgIpc) is 2.70. The molecule has 1 aromatic carbocycles. The molecule has 0 atom stereocenters. The number of carbonyl (C=O) groups excluding carboxylic acids is 2. The van der Waals surface area contributed by atoms with Gasteiger partial charge in [-0.3, -0.25) is 4.79 Å². The summed E-state index contributed by atoms with van der Waals surface area (Å²) in [6.45, 7) is 3.93.